The molecule has 1 aliphatic rings. The highest BCUT2D eigenvalue weighted by Crippen LogP contribution is 2.27. The lowest BCUT2D eigenvalue weighted by Gasteiger charge is -2.32. The molecule has 0 radical (unpaired) electrons. The lowest BCUT2D eigenvalue weighted by Crippen LogP contribution is -2.36. The molecule has 0 aromatic heterocycles. The quantitative estimate of drug-likeness (QED) is 0.890. The van der Waals surface area contributed by atoms with Gasteiger partial charge in [-0.1, -0.05) is 12.1 Å². The van der Waals surface area contributed by atoms with Gasteiger partial charge >= 0.3 is 0 Å². The molecule has 1 amide bonds. The van der Waals surface area contributed by atoms with E-state index in [0.717, 1.165) is 5.69 Å². The molecule has 26 heavy (non-hydrogen) atoms. The van der Waals surface area contributed by atoms with E-state index in [9.17, 15) is 15.2 Å². The largest absolute Gasteiger partial charge is 0.393 e. The van der Waals surface area contributed by atoms with Gasteiger partial charge in [-0.25, -0.2) is 0 Å². The molecule has 1 saturated heterocycles. The highest BCUT2D eigenvalue weighted by molar-refractivity contribution is 6.06. The fourth-order valence-electron chi connectivity index (χ4n) is 3.06. The van der Waals surface area contributed by atoms with E-state index < -0.39 is 0 Å². The monoisotopic (exact) mass is 346 g/mol. The van der Waals surface area contributed by atoms with Gasteiger partial charge in [-0.2, -0.15) is 10.5 Å². The van der Waals surface area contributed by atoms with Crippen molar-refractivity contribution in [3.63, 3.8) is 0 Å². The molecule has 6 heteroatoms. The Morgan fingerprint density at radius 3 is 2.46 bits per heavy atom. The zero-order chi connectivity index (χ0) is 18.5. The molecule has 3 rings (SSSR count). The van der Waals surface area contributed by atoms with Gasteiger partial charge in [0.25, 0.3) is 5.91 Å². The topological polar surface area (TPSA) is 100 Å². The molecule has 130 valence electrons. The lowest BCUT2D eigenvalue weighted by atomic mass is 10.0. The summed E-state index contributed by atoms with van der Waals surface area (Å²) in [6.45, 7) is 1.38. The molecule has 0 spiro atoms. The number of benzene rings is 2. The van der Waals surface area contributed by atoms with Crippen molar-refractivity contribution >= 4 is 17.3 Å². The summed E-state index contributed by atoms with van der Waals surface area (Å²) in [5.41, 5.74) is 2.36. The summed E-state index contributed by atoms with van der Waals surface area (Å²) in [5.74, 6) is -0.389. The van der Waals surface area contributed by atoms with Crippen molar-refractivity contribution in [2.45, 2.75) is 18.9 Å². The Hall–Kier alpha value is -3.35. The second-order valence-corrected chi connectivity index (χ2v) is 6.17. The summed E-state index contributed by atoms with van der Waals surface area (Å²) in [4.78, 5) is 14.5. The van der Waals surface area contributed by atoms with Crippen LogP contribution in [0.15, 0.2) is 42.5 Å². The number of nitrogens with one attached hydrogen (secondary N) is 1. The number of aliphatic hydroxyl groups excluding tert-OH is 1. The normalized spacial score (nSPS) is 14.3. The van der Waals surface area contributed by atoms with Crippen LogP contribution in [-0.2, 0) is 0 Å². The average Bonchev–Trinajstić information content (AvgIpc) is 2.68. The molecule has 0 bridgehead atoms. The van der Waals surface area contributed by atoms with E-state index in [1.807, 2.05) is 12.1 Å². The van der Waals surface area contributed by atoms with E-state index >= 15 is 0 Å². The standard InChI is InChI=1S/C20H18N4O2/c21-12-14-3-1-2-4-18(14)20(26)23-16-5-6-19(15(11-16)13-22)24-9-7-17(25)8-10-24/h1-6,11,17,25H,7-10H2,(H,23,26). The van der Waals surface area contributed by atoms with E-state index in [-0.39, 0.29) is 12.0 Å². The number of nitrogens with zero attached hydrogens (tertiary/aromatic N) is 3. The Bertz CT molecular complexity index is 903. The Labute approximate surface area is 151 Å². The predicted octanol–water partition coefficient (Wildman–Crippen LogP) is 2.64. The number of carbonyl (C=O) groups excluding carboxylic acids is 1. The van der Waals surface area contributed by atoms with Crippen LogP contribution in [0, 0.1) is 22.7 Å². The van der Waals surface area contributed by atoms with Gasteiger partial charge < -0.3 is 15.3 Å². The lowest BCUT2D eigenvalue weighted by molar-refractivity contribution is 0.102. The van der Waals surface area contributed by atoms with Crippen LogP contribution in [0.25, 0.3) is 0 Å². The Morgan fingerprint density at radius 1 is 1.08 bits per heavy atom. The number of carbonyl (C=O) groups is 1. The number of nitriles is 2. The summed E-state index contributed by atoms with van der Waals surface area (Å²) in [6, 6.07) is 15.9. The molecule has 1 heterocycles. The first kappa shape index (κ1) is 17.5. The number of piperidine rings is 1. The smallest absolute Gasteiger partial charge is 0.257 e. The highest BCUT2D eigenvalue weighted by Gasteiger charge is 2.20. The third-order valence-electron chi connectivity index (χ3n) is 4.47. The molecule has 0 atom stereocenters. The van der Waals surface area contributed by atoms with Gasteiger partial charge in [0.15, 0.2) is 0 Å². The van der Waals surface area contributed by atoms with Crippen molar-refractivity contribution in [2.24, 2.45) is 0 Å². The maximum Gasteiger partial charge on any atom is 0.257 e. The number of hydrogen-bond acceptors (Lipinski definition) is 5. The van der Waals surface area contributed by atoms with E-state index in [2.05, 4.69) is 16.3 Å². The van der Waals surface area contributed by atoms with E-state index in [0.29, 0.717) is 48.3 Å². The molecule has 2 aromatic rings. The Kier molecular flexibility index (Phi) is 5.17. The molecular formula is C20H18N4O2. The van der Waals surface area contributed by atoms with E-state index in [1.165, 1.54) is 0 Å². The third-order valence-corrected chi connectivity index (χ3v) is 4.47. The molecule has 2 aromatic carbocycles. The first-order chi connectivity index (χ1) is 12.6. The van der Waals surface area contributed by atoms with Crippen molar-refractivity contribution in [1.82, 2.24) is 0 Å². The van der Waals surface area contributed by atoms with Gasteiger partial charge in [0.05, 0.1) is 34.6 Å². The van der Waals surface area contributed by atoms with Crippen LogP contribution in [-0.4, -0.2) is 30.2 Å². The van der Waals surface area contributed by atoms with Crippen molar-refractivity contribution in [1.29, 1.82) is 10.5 Å². The minimum atomic E-state index is -0.389. The van der Waals surface area contributed by atoms with Crippen LogP contribution < -0.4 is 10.2 Å². The fourth-order valence-corrected chi connectivity index (χ4v) is 3.06. The van der Waals surface area contributed by atoms with Crippen LogP contribution in [0.3, 0.4) is 0 Å². The highest BCUT2D eigenvalue weighted by atomic mass is 16.3. The molecule has 0 saturated carbocycles. The Morgan fingerprint density at radius 2 is 1.77 bits per heavy atom. The molecule has 0 aliphatic carbocycles. The second-order valence-electron chi connectivity index (χ2n) is 6.17. The van der Waals surface area contributed by atoms with Crippen LogP contribution >= 0.6 is 0 Å². The molecule has 2 N–H and O–H groups in total. The number of hydrogen-bond donors (Lipinski definition) is 2. The number of anilines is 2. The van der Waals surface area contributed by atoms with Crippen LogP contribution in [0.1, 0.15) is 34.3 Å². The Balaban J connectivity index is 1.81. The van der Waals surface area contributed by atoms with Crippen LogP contribution in [0.4, 0.5) is 11.4 Å². The fraction of sp³-hybridized carbons (Fsp3) is 0.250. The summed E-state index contributed by atoms with van der Waals surface area (Å²) in [5, 5.41) is 31.0. The number of aliphatic hydroxyl groups is 1. The molecule has 6 nitrogen and oxygen atoms in total. The van der Waals surface area contributed by atoms with E-state index in [4.69, 9.17) is 5.26 Å². The SMILES string of the molecule is N#Cc1ccccc1C(=O)Nc1ccc(N2CCC(O)CC2)c(C#N)c1. The van der Waals surface area contributed by atoms with E-state index in [1.54, 1.807) is 36.4 Å². The zero-order valence-electron chi connectivity index (χ0n) is 14.1. The van der Waals surface area contributed by atoms with Crippen molar-refractivity contribution in [3.8, 4) is 12.1 Å². The van der Waals surface area contributed by atoms with Gasteiger partial charge in [-0.05, 0) is 43.2 Å². The molecule has 0 unspecified atom stereocenters. The minimum Gasteiger partial charge on any atom is -0.393 e. The summed E-state index contributed by atoms with van der Waals surface area (Å²) < 4.78 is 0. The zero-order valence-corrected chi connectivity index (χ0v) is 14.1. The third kappa shape index (κ3) is 3.66. The van der Waals surface area contributed by atoms with Crippen LogP contribution in [0.5, 0.6) is 0 Å². The predicted molar refractivity (Wildman–Crippen MR) is 97.7 cm³/mol. The van der Waals surface area contributed by atoms with Gasteiger partial charge in [0.2, 0.25) is 0 Å². The molecule has 1 aliphatic heterocycles. The van der Waals surface area contributed by atoms with Gasteiger partial charge in [-0.15, -0.1) is 0 Å². The summed E-state index contributed by atoms with van der Waals surface area (Å²) in [7, 11) is 0. The van der Waals surface area contributed by atoms with Gasteiger partial charge in [-0.3, -0.25) is 4.79 Å². The van der Waals surface area contributed by atoms with Crippen molar-refractivity contribution in [3.05, 3.63) is 59.2 Å². The second kappa shape index (κ2) is 7.69. The summed E-state index contributed by atoms with van der Waals surface area (Å²) in [6.07, 6.45) is 1.07. The van der Waals surface area contributed by atoms with Crippen molar-refractivity contribution in [2.75, 3.05) is 23.3 Å². The molecule has 1 fully saturated rings. The molecular weight excluding hydrogens is 328 g/mol. The van der Waals surface area contributed by atoms with Gasteiger partial charge in [0.1, 0.15) is 6.07 Å². The maximum atomic E-state index is 12.4. The number of rotatable bonds is 3. The van der Waals surface area contributed by atoms with Crippen LogP contribution in [0.2, 0.25) is 0 Å². The van der Waals surface area contributed by atoms with Crippen molar-refractivity contribution < 1.29 is 9.90 Å². The maximum absolute atomic E-state index is 12.4. The minimum absolute atomic E-state index is 0.282. The first-order valence-corrected chi connectivity index (χ1v) is 8.40. The number of amides is 1. The summed E-state index contributed by atoms with van der Waals surface area (Å²) >= 11 is 0. The van der Waals surface area contributed by atoms with Gasteiger partial charge in [0, 0.05) is 18.8 Å². The first-order valence-electron chi connectivity index (χ1n) is 8.40. The average molecular weight is 346 g/mol.